The summed E-state index contributed by atoms with van der Waals surface area (Å²) >= 11 is 3.29. The van der Waals surface area contributed by atoms with Crippen molar-refractivity contribution in [3.8, 4) is 0 Å². The first-order valence-corrected chi connectivity index (χ1v) is 5.53. The first kappa shape index (κ1) is 9.74. The van der Waals surface area contributed by atoms with Crippen LogP contribution >= 0.6 is 15.9 Å². The number of hydrogen-bond donors (Lipinski definition) is 1. The molecule has 0 unspecified atom stereocenters. The zero-order valence-corrected chi connectivity index (χ0v) is 8.98. The van der Waals surface area contributed by atoms with Crippen LogP contribution in [0.15, 0.2) is 16.6 Å². The van der Waals surface area contributed by atoms with E-state index in [0.717, 1.165) is 10.0 Å². The van der Waals surface area contributed by atoms with E-state index in [9.17, 15) is 8.42 Å². The molecule has 0 N–H and O–H groups in total. The van der Waals surface area contributed by atoms with E-state index in [1.807, 2.05) is 13.0 Å². The van der Waals surface area contributed by atoms with Crippen LogP contribution in [0.4, 0.5) is 0 Å². The van der Waals surface area contributed by atoms with Gasteiger partial charge in [-0.25, -0.2) is 8.42 Å². The third-order valence-corrected chi connectivity index (χ3v) is 2.38. The van der Waals surface area contributed by atoms with Gasteiger partial charge in [0.25, 0.3) is 0 Å². The molecule has 2 nitrogen and oxygen atoms in total. The second-order valence-electron chi connectivity index (χ2n) is 2.50. The highest BCUT2D eigenvalue weighted by molar-refractivity contribution is 9.10. The van der Waals surface area contributed by atoms with Crippen molar-refractivity contribution < 1.29 is 8.42 Å². The zero-order chi connectivity index (χ0) is 9.14. The number of aryl methyl sites for hydroxylation is 1. The smallest absolute Gasteiger partial charge is 0.144 e. The lowest BCUT2D eigenvalue weighted by molar-refractivity contribution is 0.614. The maximum absolute atomic E-state index is 10.4. The first-order valence-electron chi connectivity index (χ1n) is 3.38. The highest BCUT2D eigenvalue weighted by atomic mass is 79.9. The van der Waals surface area contributed by atoms with Gasteiger partial charge in [0, 0.05) is 4.47 Å². The summed E-state index contributed by atoms with van der Waals surface area (Å²) in [5.74, 6) is 0.0651. The summed E-state index contributed by atoms with van der Waals surface area (Å²) in [5, 5.41) is 0. The molecule has 0 bridgehead atoms. The van der Waals surface area contributed by atoms with Gasteiger partial charge < -0.3 is 0 Å². The second kappa shape index (κ2) is 4.05. The molecule has 0 saturated carbocycles. The van der Waals surface area contributed by atoms with Crippen LogP contribution in [0.2, 0.25) is 0 Å². The van der Waals surface area contributed by atoms with E-state index in [4.69, 9.17) is 0 Å². The van der Waals surface area contributed by atoms with Crippen LogP contribution in [0.5, 0.6) is 0 Å². The summed E-state index contributed by atoms with van der Waals surface area (Å²) in [6.45, 7) is 1.88. The summed E-state index contributed by atoms with van der Waals surface area (Å²) in [6.07, 6.45) is 0. The Balaban J connectivity index is 3.00. The minimum absolute atomic E-state index is 0.0651. The number of benzene rings is 1. The van der Waals surface area contributed by atoms with Crippen LogP contribution < -0.4 is 0 Å². The molecule has 0 heterocycles. The Morgan fingerprint density at radius 1 is 1.50 bits per heavy atom. The van der Waals surface area contributed by atoms with Gasteiger partial charge in [-0.2, -0.15) is 0 Å². The Kier molecular flexibility index (Phi) is 3.29. The zero-order valence-electron chi connectivity index (χ0n) is 6.50. The largest absolute Gasteiger partial charge is 0.232 e. The predicted octanol–water partition coefficient (Wildman–Crippen LogP) is 1.67. The monoisotopic (exact) mass is 247 g/mol. The van der Waals surface area contributed by atoms with Gasteiger partial charge in [-0.3, -0.25) is 0 Å². The Bertz CT molecular complexity index is 330. The lowest BCUT2D eigenvalue weighted by atomic mass is 10.2. The van der Waals surface area contributed by atoms with E-state index in [1.54, 1.807) is 6.07 Å². The predicted molar refractivity (Wildman–Crippen MR) is 51.7 cm³/mol. The van der Waals surface area contributed by atoms with Crippen molar-refractivity contribution in [3.63, 3.8) is 0 Å². The van der Waals surface area contributed by atoms with E-state index >= 15 is 0 Å². The van der Waals surface area contributed by atoms with Crippen molar-refractivity contribution in [1.29, 1.82) is 0 Å². The second-order valence-corrected chi connectivity index (χ2v) is 4.40. The Labute approximate surface area is 81.7 Å². The maximum atomic E-state index is 10.4. The molecule has 1 rings (SSSR count). The maximum Gasteiger partial charge on any atom is 0.144 e. The van der Waals surface area contributed by atoms with Gasteiger partial charge >= 0.3 is 0 Å². The van der Waals surface area contributed by atoms with Crippen molar-refractivity contribution in [1.82, 2.24) is 0 Å². The molecule has 0 aliphatic rings. The Morgan fingerprint density at radius 3 is 2.67 bits per heavy atom. The van der Waals surface area contributed by atoms with E-state index in [0.29, 0.717) is 5.56 Å². The fourth-order valence-corrected chi connectivity index (χ4v) is 2.03. The fourth-order valence-electron chi connectivity index (χ4n) is 0.965. The molecular weight excluding hydrogens is 240 g/mol. The molecule has 65 valence electrons. The molecule has 0 aromatic heterocycles. The standard InChI is InChI=1S/C8H8BrO2S/c1-6-2-7(5-12(10)11)4-8(9)3-6/h3-4,12H,5H2,1H3. The normalized spacial score (nSPS) is 10.6. The quantitative estimate of drug-likeness (QED) is 0.808. The minimum atomic E-state index is -2.35. The van der Waals surface area contributed by atoms with Gasteiger partial charge in [-0.15, -0.1) is 0 Å². The van der Waals surface area contributed by atoms with Crippen molar-refractivity contribution in [2.45, 2.75) is 12.7 Å². The van der Waals surface area contributed by atoms with Crippen LogP contribution in [0, 0.1) is 13.0 Å². The molecule has 0 spiro atoms. The van der Waals surface area contributed by atoms with E-state index in [2.05, 4.69) is 22.0 Å². The van der Waals surface area contributed by atoms with Gasteiger partial charge in [-0.05, 0) is 36.2 Å². The van der Waals surface area contributed by atoms with Crippen LogP contribution in [0.1, 0.15) is 11.1 Å². The average molecular weight is 248 g/mol. The van der Waals surface area contributed by atoms with Crippen LogP contribution in [0.3, 0.4) is 0 Å². The molecule has 0 fully saturated rings. The topological polar surface area (TPSA) is 34.1 Å². The van der Waals surface area contributed by atoms with Crippen molar-refractivity contribution >= 4 is 26.6 Å². The molecule has 1 aromatic carbocycles. The van der Waals surface area contributed by atoms with E-state index in [1.165, 1.54) is 0 Å². The van der Waals surface area contributed by atoms with Crippen LogP contribution in [-0.4, -0.2) is 8.42 Å². The van der Waals surface area contributed by atoms with E-state index in [-0.39, 0.29) is 5.75 Å². The van der Waals surface area contributed by atoms with Gasteiger partial charge in [0.15, 0.2) is 0 Å². The fraction of sp³-hybridized carbons (Fsp3) is 0.250. The molecule has 1 aromatic rings. The highest BCUT2D eigenvalue weighted by Gasteiger charge is 1.97. The molecule has 0 aliphatic heterocycles. The molecular formula is C8H8BrO2S. The Morgan fingerprint density at radius 2 is 2.17 bits per heavy atom. The molecule has 12 heavy (non-hydrogen) atoms. The summed E-state index contributed by atoms with van der Waals surface area (Å²) in [7, 11) is -2.35. The molecule has 4 heteroatoms. The summed E-state index contributed by atoms with van der Waals surface area (Å²) in [5.41, 5.74) is 1.65. The van der Waals surface area contributed by atoms with Crippen LogP contribution in [-0.2, 0) is 16.5 Å². The number of rotatable bonds is 2. The van der Waals surface area contributed by atoms with Crippen molar-refractivity contribution in [2.24, 2.45) is 0 Å². The molecule has 0 atom stereocenters. The van der Waals surface area contributed by atoms with Crippen molar-refractivity contribution in [2.75, 3.05) is 0 Å². The third-order valence-electron chi connectivity index (χ3n) is 1.32. The summed E-state index contributed by atoms with van der Waals surface area (Å²) in [4.78, 5) is 0. The summed E-state index contributed by atoms with van der Waals surface area (Å²) < 4.78 is 21.7. The third kappa shape index (κ3) is 2.95. The molecule has 1 radical (unpaired) electrons. The van der Waals surface area contributed by atoms with Crippen molar-refractivity contribution in [3.05, 3.63) is 33.8 Å². The summed E-state index contributed by atoms with van der Waals surface area (Å²) in [6, 6.07) is 6.62. The minimum Gasteiger partial charge on any atom is -0.232 e. The number of halogens is 1. The molecule has 0 saturated heterocycles. The van der Waals surface area contributed by atoms with Gasteiger partial charge in [-0.1, -0.05) is 15.9 Å². The Hall–Kier alpha value is -0.350. The number of hydrogen-bond acceptors (Lipinski definition) is 2. The van der Waals surface area contributed by atoms with Gasteiger partial charge in [0.05, 0.1) is 5.75 Å². The first-order chi connectivity index (χ1) is 5.58. The van der Waals surface area contributed by atoms with Crippen LogP contribution in [0.25, 0.3) is 0 Å². The lowest BCUT2D eigenvalue weighted by Crippen LogP contribution is -1.88. The SMILES string of the molecule is Cc1[c]c(C[SH](=O)=O)cc(Br)c1. The lowest BCUT2D eigenvalue weighted by Gasteiger charge is -1.98. The number of thiol groups is 1. The highest BCUT2D eigenvalue weighted by Crippen LogP contribution is 2.14. The van der Waals surface area contributed by atoms with E-state index < -0.39 is 10.7 Å². The van der Waals surface area contributed by atoms with Gasteiger partial charge in [0.2, 0.25) is 0 Å². The molecule has 0 aliphatic carbocycles. The average Bonchev–Trinajstić information content (AvgIpc) is 1.81. The van der Waals surface area contributed by atoms with Gasteiger partial charge in [0.1, 0.15) is 10.7 Å². The molecule has 0 amide bonds.